The molecule has 3 aromatic carbocycles. The summed E-state index contributed by atoms with van der Waals surface area (Å²) in [5.74, 6) is 0. The van der Waals surface area contributed by atoms with E-state index in [1.165, 1.54) is 17.1 Å². The zero-order chi connectivity index (χ0) is 37.4. The standard InChI is InChI=1S/C28H40N3O.3ClHO4/c1-29(2,3)25-16-10-22(11-17-25)28(32,23-12-18-26(19-13-23)30(4,5)6)24-14-20-27(21-15-24)31(7,8)9;3*2-1(3,4)5/h10-21,32H,1-9H3;3*(H,2,3,4,5)/q+3;;;/p-3. The third-order valence-corrected chi connectivity index (χ3v) is 6.18. The predicted molar refractivity (Wildman–Crippen MR) is 140 cm³/mol. The average Bonchev–Trinajstić information content (AvgIpc) is 2.84. The van der Waals surface area contributed by atoms with Crippen LogP contribution in [0.15, 0.2) is 72.8 Å². The first-order chi connectivity index (χ1) is 20.6. The van der Waals surface area contributed by atoms with Crippen LogP contribution in [0, 0.1) is 30.7 Å². The van der Waals surface area contributed by atoms with E-state index in [-0.39, 0.29) is 0 Å². The van der Waals surface area contributed by atoms with Gasteiger partial charge in [-0.15, -0.1) is 30.7 Å². The number of benzene rings is 3. The summed E-state index contributed by atoms with van der Waals surface area (Å²) in [6.45, 7) is 0. The number of nitrogens with zero attached hydrogens (tertiary/aromatic N) is 3. The summed E-state index contributed by atoms with van der Waals surface area (Å²) < 4.78 is 104. The SMILES string of the molecule is C[N+](C)(C)c1ccc(C(O)(c2ccc([N+](C)(C)C)cc2)c2ccc([N+](C)(C)C)cc2)cc1.[O-][Cl+3]([O-])([O-])[O-].[O-][Cl+3]([O-])([O-])[O-].[O-][Cl+3]([O-])([O-])[O-]. The molecule has 0 saturated carbocycles. The molecule has 16 nitrogen and oxygen atoms in total. The Labute approximate surface area is 280 Å². The molecule has 1 N–H and O–H groups in total. The minimum Gasteiger partial charge on any atom is -0.376 e. The molecule has 0 aromatic heterocycles. The molecule has 0 fully saturated rings. The maximum absolute atomic E-state index is 12.3. The van der Waals surface area contributed by atoms with Crippen molar-refractivity contribution in [3.05, 3.63) is 89.5 Å². The van der Waals surface area contributed by atoms with Gasteiger partial charge < -0.3 is 5.11 Å². The minimum absolute atomic E-state index is 0.731. The Morgan fingerprint density at radius 2 is 0.489 bits per heavy atom. The summed E-state index contributed by atoms with van der Waals surface area (Å²) in [6.07, 6.45) is 0. The van der Waals surface area contributed by atoms with Crippen LogP contribution in [-0.2, 0) is 5.60 Å². The maximum atomic E-state index is 12.3. The fraction of sp³-hybridized carbons (Fsp3) is 0.357. The Bertz CT molecular complexity index is 1170. The number of aliphatic hydroxyl groups is 1. The molecule has 3 aromatic rings. The summed E-state index contributed by atoms with van der Waals surface area (Å²) in [7, 11) is 4.49. The van der Waals surface area contributed by atoms with Gasteiger partial charge >= 0.3 is 0 Å². The second kappa shape index (κ2) is 16.5. The van der Waals surface area contributed by atoms with Crippen molar-refractivity contribution in [2.75, 3.05) is 63.4 Å². The zero-order valence-electron chi connectivity index (χ0n) is 27.2. The molecule has 0 unspecified atom stereocenters. The molecule has 0 bridgehead atoms. The Hall–Kier alpha value is -2.11. The lowest BCUT2D eigenvalue weighted by molar-refractivity contribution is -2.00. The van der Waals surface area contributed by atoms with Gasteiger partial charge in [-0.3, -0.25) is 13.4 Å². The Kier molecular flexibility index (Phi) is 15.8. The fourth-order valence-electron chi connectivity index (χ4n) is 3.95. The molecule has 0 aliphatic heterocycles. The summed E-state index contributed by atoms with van der Waals surface area (Å²) in [5.41, 5.74) is 4.93. The Morgan fingerprint density at radius 1 is 0.362 bits per heavy atom. The normalized spacial score (nSPS) is 12.9. The van der Waals surface area contributed by atoms with Gasteiger partial charge in [-0.2, -0.15) is 0 Å². The fourth-order valence-corrected chi connectivity index (χ4v) is 3.95. The van der Waals surface area contributed by atoms with Gasteiger partial charge in [-0.1, -0.05) is 0 Å². The molecular formula is C28H40Cl3N3O13. The van der Waals surface area contributed by atoms with Gasteiger partial charge in [0.15, 0.2) is 0 Å². The van der Waals surface area contributed by atoms with E-state index in [4.69, 9.17) is 55.9 Å². The van der Waals surface area contributed by atoms with Gasteiger partial charge in [0.2, 0.25) is 0 Å². The molecule has 266 valence electrons. The van der Waals surface area contributed by atoms with Crippen LogP contribution in [0.2, 0.25) is 0 Å². The lowest BCUT2D eigenvalue weighted by atomic mass is 9.80. The van der Waals surface area contributed by atoms with E-state index < -0.39 is 36.3 Å². The highest BCUT2D eigenvalue weighted by Gasteiger charge is 2.35. The lowest BCUT2D eigenvalue weighted by Gasteiger charge is -2.32. The first kappa shape index (κ1) is 44.9. The van der Waals surface area contributed by atoms with Crippen molar-refractivity contribution in [3.63, 3.8) is 0 Å². The summed E-state index contributed by atoms with van der Waals surface area (Å²) >= 11 is 0. The lowest BCUT2D eigenvalue weighted by Crippen LogP contribution is -2.68. The quantitative estimate of drug-likeness (QED) is 0.182. The summed E-state index contributed by atoms with van der Waals surface area (Å²) in [5, 5.41) is 12.3. The van der Waals surface area contributed by atoms with E-state index >= 15 is 0 Å². The molecule has 3 rings (SSSR count). The monoisotopic (exact) mass is 731 g/mol. The molecule has 47 heavy (non-hydrogen) atoms. The van der Waals surface area contributed by atoms with Crippen LogP contribution < -0.4 is 69.4 Å². The Balaban J connectivity index is 0.00000117. The molecule has 0 saturated heterocycles. The van der Waals surface area contributed by atoms with Crippen molar-refractivity contribution in [3.8, 4) is 0 Å². The van der Waals surface area contributed by atoms with Crippen molar-refractivity contribution in [2.24, 2.45) is 0 Å². The van der Waals surface area contributed by atoms with Crippen LogP contribution in [-0.4, -0.2) is 68.5 Å². The summed E-state index contributed by atoms with van der Waals surface area (Å²) in [4.78, 5) is 0. The first-order valence-corrected chi connectivity index (χ1v) is 16.7. The van der Waals surface area contributed by atoms with Crippen molar-refractivity contribution >= 4 is 17.1 Å². The van der Waals surface area contributed by atoms with Crippen molar-refractivity contribution in [1.82, 2.24) is 13.4 Å². The van der Waals surface area contributed by atoms with Crippen LogP contribution >= 0.6 is 0 Å². The highest BCUT2D eigenvalue weighted by atomic mass is 35.7. The first-order valence-electron chi connectivity index (χ1n) is 13.0. The van der Waals surface area contributed by atoms with Gasteiger partial charge in [-0.25, -0.2) is 55.9 Å². The molecular weight excluding hydrogens is 693 g/mol. The molecule has 0 heterocycles. The minimum atomic E-state index is -4.94. The van der Waals surface area contributed by atoms with Gasteiger partial charge in [0.05, 0.1) is 63.4 Å². The highest BCUT2D eigenvalue weighted by molar-refractivity contribution is 5.55. The number of hydrogen-bond acceptors (Lipinski definition) is 13. The van der Waals surface area contributed by atoms with E-state index in [0.717, 1.165) is 30.1 Å². The largest absolute Gasteiger partial charge is 0.376 e. The Morgan fingerprint density at radius 3 is 0.596 bits per heavy atom. The van der Waals surface area contributed by atoms with Crippen LogP contribution in [0.3, 0.4) is 0 Å². The second-order valence-electron chi connectivity index (χ2n) is 12.5. The number of halogens is 3. The smallest absolute Gasteiger partial charge is 0.140 e. The van der Waals surface area contributed by atoms with E-state index in [0.29, 0.717) is 0 Å². The van der Waals surface area contributed by atoms with Crippen LogP contribution in [0.1, 0.15) is 16.7 Å². The van der Waals surface area contributed by atoms with Crippen LogP contribution in [0.25, 0.3) is 0 Å². The number of quaternary nitrogens is 3. The van der Waals surface area contributed by atoms with E-state index in [9.17, 15) is 5.11 Å². The van der Waals surface area contributed by atoms with Crippen molar-refractivity contribution in [1.29, 1.82) is 0 Å². The molecule has 19 heteroatoms. The van der Waals surface area contributed by atoms with Crippen LogP contribution in [0.4, 0.5) is 17.1 Å². The molecule has 0 aliphatic rings. The maximum Gasteiger partial charge on any atom is 0.140 e. The zero-order valence-corrected chi connectivity index (χ0v) is 29.5. The van der Waals surface area contributed by atoms with Gasteiger partial charge in [-0.05, 0) is 89.5 Å². The van der Waals surface area contributed by atoms with E-state index in [2.05, 4.69) is 136 Å². The second-order valence-corrected chi connectivity index (χ2v) is 14.8. The highest BCUT2D eigenvalue weighted by Crippen LogP contribution is 2.39. The van der Waals surface area contributed by atoms with Gasteiger partial charge in [0, 0.05) is 0 Å². The third kappa shape index (κ3) is 18.9. The van der Waals surface area contributed by atoms with E-state index in [1.807, 2.05) is 0 Å². The topological polar surface area (TPSA) is 297 Å². The number of rotatable bonds is 6. The predicted octanol–water partition coefficient (Wildman–Crippen LogP) is -9.71. The third-order valence-electron chi connectivity index (χ3n) is 6.18. The molecule has 0 spiro atoms. The van der Waals surface area contributed by atoms with Gasteiger partial charge in [0.25, 0.3) is 0 Å². The van der Waals surface area contributed by atoms with Gasteiger partial charge in [0.1, 0.15) is 22.7 Å². The molecule has 0 amide bonds. The molecule has 0 radical (unpaired) electrons. The van der Waals surface area contributed by atoms with Crippen molar-refractivity contribution in [2.45, 2.75) is 5.60 Å². The molecule has 0 atom stereocenters. The molecule has 0 aliphatic carbocycles. The van der Waals surface area contributed by atoms with Crippen molar-refractivity contribution < 1.29 is 91.7 Å². The average molecular weight is 733 g/mol. The van der Waals surface area contributed by atoms with E-state index in [1.54, 1.807) is 0 Å². The number of hydrogen-bond donors (Lipinski definition) is 1. The van der Waals surface area contributed by atoms with Crippen LogP contribution in [0.5, 0.6) is 0 Å². The summed E-state index contributed by atoms with van der Waals surface area (Å²) in [6, 6.07) is 25.0.